The number of rotatable bonds is 35. The van der Waals surface area contributed by atoms with Crippen molar-refractivity contribution in [2.45, 2.75) is 115 Å². The Hall–Kier alpha value is -12.5. The van der Waals surface area contributed by atoms with Crippen LogP contribution in [0.5, 0.6) is 5.75 Å². The zero-order valence-corrected chi connectivity index (χ0v) is 67.9. The van der Waals surface area contributed by atoms with E-state index in [2.05, 4.69) is 57.8 Å². The molecule has 10 rings (SSSR count). The fourth-order valence-electron chi connectivity index (χ4n) is 14.4. The number of ether oxygens (including phenoxy) is 3. The van der Waals surface area contributed by atoms with Crippen LogP contribution in [0.1, 0.15) is 118 Å². The number of fused-ring (bicyclic) bond motifs is 12. The molecule has 0 saturated heterocycles. The van der Waals surface area contributed by atoms with Crippen molar-refractivity contribution in [3.63, 3.8) is 0 Å². The molecule has 0 radical (unpaired) electrons. The summed E-state index contributed by atoms with van der Waals surface area (Å²) < 4.78 is 117. The van der Waals surface area contributed by atoms with Gasteiger partial charge < -0.3 is 75.8 Å². The Bertz CT molecular complexity index is 5960. The highest BCUT2D eigenvalue weighted by Crippen LogP contribution is 2.52. The summed E-state index contributed by atoms with van der Waals surface area (Å²) in [6.45, 7) is 12.8. The third-order valence-electron chi connectivity index (χ3n) is 20.3. The van der Waals surface area contributed by atoms with E-state index in [1.165, 1.54) is 52.5 Å². The van der Waals surface area contributed by atoms with Gasteiger partial charge in [-0.1, -0.05) is 30.9 Å². The van der Waals surface area contributed by atoms with Crippen molar-refractivity contribution in [3.05, 3.63) is 175 Å². The number of H-pyrrole nitrogens is 3. The number of aliphatic carboxylic acids is 2. The molecule has 2 aromatic carbocycles. The highest BCUT2D eigenvalue weighted by atomic mass is 32.2. The van der Waals surface area contributed by atoms with E-state index in [4.69, 9.17) is 24.2 Å². The van der Waals surface area contributed by atoms with Crippen molar-refractivity contribution in [2.24, 2.45) is 13.0 Å². The monoisotopic (exact) mass is 1680 g/mol. The molecule has 37 nitrogen and oxygen atoms in total. The molecule has 40 heteroatoms. The van der Waals surface area contributed by atoms with Gasteiger partial charge in [-0.2, -0.15) is 21.6 Å². The van der Waals surface area contributed by atoms with Crippen LogP contribution in [0.3, 0.4) is 0 Å². The van der Waals surface area contributed by atoms with Crippen molar-refractivity contribution in [1.29, 1.82) is 0 Å². The summed E-state index contributed by atoms with van der Waals surface area (Å²) in [5.41, 5.74) is 6.44. The van der Waals surface area contributed by atoms with Crippen LogP contribution in [-0.2, 0) is 104 Å². The number of carboxylic acids is 2. The molecule has 5 aromatic heterocycles. The minimum atomic E-state index is -5.18. The first-order valence-corrected chi connectivity index (χ1v) is 41.4. The lowest BCUT2D eigenvalue weighted by molar-refractivity contribution is -0.149. The van der Waals surface area contributed by atoms with Crippen LogP contribution < -0.4 is 46.8 Å². The van der Waals surface area contributed by atoms with Crippen LogP contribution in [0, 0.1) is 33.6 Å². The zero-order chi connectivity index (χ0) is 86.2. The first-order valence-electron chi connectivity index (χ1n) is 36.7. The quantitative estimate of drug-likeness (QED) is 0.0149. The first kappa shape index (κ1) is 87.9. The van der Waals surface area contributed by atoms with Gasteiger partial charge in [-0.3, -0.25) is 57.2 Å². The topological polar surface area (TPSA) is 557 Å². The third kappa shape index (κ3) is 20.3. The lowest BCUT2D eigenvalue weighted by Crippen LogP contribution is -2.57. The average Bonchev–Trinajstić information content (AvgIpc) is 1.56. The predicted molar refractivity (Wildman–Crippen MR) is 432 cm³/mol. The number of carbonyl (C=O) groups is 9. The molecule has 0 unspecified atom stereocenters. The van der Waals surface area contributed by atoms with E-state index in [1.54, 1.807) is 99.4 Å². The van der Waals surface area contributed by atoms with Gasteiger partial charge >= 0.3 is 23.9 Å². The van der Waals surface area contributed by atoms with Gasteiger partial charge in [0, 0.05) is 104 Å². The summed E-state index contributed by atoms with van der Waals surface area (Å²) in [5.74, 6) is -13.3. The molecule has 626 valence electrons. The number of benzene rings is 2. The van der Waals surface area contributed by atoms with Crippen molar-refractivity contribution in [2.75, 3.05) is 57.3 Å². The number of pyridine rings is 1. The van der Waals surface area contributed by atoms with Gasteiger partial charge in [0.15, 0.2) is 5.95 Å². The number of sulfonamides is 1. The largest absolute Gasteiger partial charge is 0.494 e. The van der Waals surface area contributed by atoms with Crippen molar-refractivity contribution in [1.82, 2.24) is 65.8 Å². The lowest BCUT2D eigenvalue weighted by Gasteiger charge is -2.36. The lowest BCUT2D eigenvalue weighted by atomic mass is 9.64. The molecule has 2 aliphatic heterocycles. The first-order chi connectivity index (χ1) is 55.6. The summed E-state index contributed by atoms with van der Waals surface area (Å²) in [5, 5.41) is 34.7. The SMILES string of the molecule is C=Cc1c(C)c2cc3nc(cc4[nH]c(cc5nc(cc1[nH]2)C(C)=C5CCC(=O)O)c(CCC(=O)N[C@@H](CS(=O)(=O)O)C(=O)N[C@@H](CS(=O)(=O)O)C(=O)NCCNC(=O)CCCOc1cc(C)c(S(=O)(=O)N[C@@H](CNC(=O)c2cn(C)c5cc(CNc6ncc[nH]6)ccc5c2=O)C(=O)O)c(C)c1)c4C)[C@@]1(C)C3=CC=C(C(=O)OC)[C@H]1C(=O)OC. The van der Waals surface area contributed by atoms with Gasteiger partial charge in [-0.05, 0) is 159 Å². The summed E-state index contributed by atoms with van der Waals surface area (Å²) in [6.07, 6.45) is 8.16. The molecule has 1 aliphatic carbocycles. The van der Waals surface area contributed by atoms with Crippen LogP contribution in [0.2, 0.25) is 0 Å². The average molecular weight is 1690 g/mol. The standard InChI is InChI=1S/C78H88N14O23S3/c1-11-46-41(4)54-31-59-52-19-16-50(75(103)113-9)68(76(104)114-10)78(52,7)64(88-59)33-55-43(6)47(57(87-55)32-58-48(18-21-67(95)96)42(5)53(86-58)30-56(46)85-54)17-20-66(94)89-62(38-117(108,109)110)73(100)90-61(37-116(105,106)107)72(99)80-23-22-79-65(93)13-12-26-115-45-27-39(2)70(40(3)28-45)118(111,112)91-60(74(101)102)35-83-71(98)51-36-92(8)63-29-44(14-15-49(63)69(51)97)34-84-77-81-24-25-82-77/h11,14-16,19,24-25,27-33,36,60-62,68,85,87,91H,1,12-13,17-18,20-23,26,34-35,37-38H2,2-10H3,(H,79,93)(H,80,99)(H,83,98)(H,89,94)(H,90,100)(H,95,96)(H,101,102)(H2,81,82,84)(H,105,106,107)(H,108,109,110)/t60-,61-,62-,68-,78+/m0/s1. The second-order valence-corrected chi connectivity index (χ2v) is 33.1. The Labute approximate surface area is 675 Å². The number of hydrogen-bond acceptors (Lipinski definition) is 23. The fourth-order valence-corrected chi connectivity index (χ4v) is 17.4. The van der Waals surface area contributed by atoms with E-state index >= 15 is 0 Å². The second-order valence-electron chi connectivity index (χ2n) is 28.4. The number of anilines is 1. The summed E-state index contributed by atoms with van der Waals surface area (Å²) in [6, 6.07) is 8.26. The van der Waals surface area contributed by atoms with E-state index in [0.29, 0.717) is 90.6 Å². The highest BCUT2D eigenvalue weighted by molar-refractivity contribution is 7.89. The van der Waals surface area contributed by atoms with Gasteiger partial charge in [0.2, 0.25) is 39.1 Å². The van der Waals surface area contributed by atoms with Crippen molar-refractivity contribution >= 4 is 145 Å². The molecule has 14 N–H and O–H groups in total. The number of nitrogens with one attached hydrogen (secondary N) is 10. The summed E-state index contributed by atoms with van der Waals surface area (Å²) in [4.78, 5) is 157. The number of hydrogen-bond donors (Lipinski definition) is 14. The maximum atomic E-state index is 14.2. The number of amides is 5. The maximum Gasteiger partial charge on any atom is 0.334 e. The fraction of sp³-hybridized carbons (Fsp3) is 0.346. The van der Waals surface area contributed by atoms with Crippen LogP contribution in [0.25, 0.3) is 55.8 Å². The van der Waals surface area contributed by atoms with E-state index in [0.717, 1.165) is 11.1 Å². The molecule has 8 bridgehead atoms. The van der Waals surface area contributed by atoms with Gasteiger partial charge in [0.25, 0.3) is 26.1 Å². The molecule has 7 heterocycles. The number of aromatic nitrogens is 7. The molecular weight excluding hydrogens is 1600 g/mol. The Morgan fingerprint density at radius 2 is 1.38 bits per heavy atom. The number of aromatic amines is 3. The maximum absolute atomic E-state index is 14.2. The molecule has 5 atom stereocenters. The minimum Gasteiger partial charge on any atom is -0.494 e. The Balaban J connectivity index is 0.775. The number of nitrogens with zero attached hydrogens (tertiary/aromatic N) is 4. The number of carbonyl (C=O) groups excluding carboxylic acids is 7. The van der Waals surface area contributed by atoms with Crippen LogP contribution in [0.4, 0.5) is 5.95 Å². The number of aryl methyl sites for hydroxylation is 6. The smallest absolute Gasteiger partial charge is 0.334 e. The summed E-state index contributed by atoms with van der Waals surface area (Å²) in [7, 11) is -11.0. The number of esters is 2. The molecule has 0 fully saturated rings. The Kier molecular flexibility index (Phi) is 27.1. The Morgan fingerprint density at radius 1 is 0.720 bits per heavy atom. The predicted octanol–water partition coefficient (Wildman–Crippen LogP) is 4.35. The van der Waals surface area contributed by atoms with Crippen molar-refractivity contribution < 1.29 is 102 Å². The van der Waals surface area contributed by atoms with E-state index in [9.17, 15) is 92.5 Å². The van der Waals surface area contributed by atoms with Gasteiger partial charge in [-0.25, -0.2) is 23.2 Å². The normalized spacial score (nSPS) is 15.4. The molecular formula is C78H88N14O23S3. The van der Waals surface area contributed by atoms with E-state index in [-0.39, 0.29) is 89.2 Å². The van der Waals surface area contributed by atoms with Gasteiger partial charge in [0.05, 0.1) is 65.0 Å². The number of methoxy groups -OCH3 is 2. The molecule has 7 aromatic rings. The Morgan fingerprint density at radius 3 is 2.03 bits per heavy atom. The van der Waals surface area contributed by atoms with E-state index < -0.39 is 150 Å². The van der Waals surface area contributed by atoms with Gasteiger partial charge in [-0.15, -0.1) is 0 Å². The number of imidazole rings is 1. The number of carboxylic acid groups (broad SMARTS) is 2. The number of allylic oxidation sites excluding steroid dienone is 5. The summed E-state index contributed by atoms with van der Waals surface area (Å²) >= 11 is 0. The zero-order valence-electron chi connectivity index (χ0n) is 65.4. The molecule has 0 saturated carbocycles. The minimum absolute atomic E-state index is 0.0229. The highest BCUT2D eigenvalue weighted by Gasteiger charge is 2.54. The molecule has 118 heavy (non-hydrogen) atoms. The van der Waals surface area contributed by atoms with Crippen molar-refractivity contribution in [3.8, 4) is 5.75 Å². The molecule has 5 amide bonds. The third-order valence-corrected chi connectivity index (χ3v) is 23.6. The molecule has 0 spiro atoms. The molecule has 3 aliphatic rings. The second kappa shape index (κ2) is 36.3. The van der Waals surface area contributed by atoms with E-state index in [1.807, 2.05) is 12.2 Å². The van der Waals surface area contributed by atoms with Crippen LogP contribution in [0.15, 0.2) is 107 Å². The van der Waals surface area contributed by atoms with Crippen LogP contribution in [-0.4, -0.2) is 203 Å². The van der Waals surface area contributed by atoms with Crippen LogP contribution >= 0.6 is 0 Å². The van der Waals surface area contributed by atoms with Gasteiger partial charge in [0.1, 0.15) is 46.9 Å².